The zero-order valence-electron chi connectivity index (χ0n) is 13.5. The highest BCUT2D eigenvalue weighted by atomic mass is 35.5. The molecule has 0 spiro atoms. The minimum atomic E-state index is -4.86. The lowest BCUT2D eigenvalue weighted by atomic mass is 10.2. The van der Waals surface area contributed by atoms with E-state index in [9.17, 15) is 18.0 Å². The van der Waals surface area contributed by atoms with E-state index in [4.69, 9.17) is 46.4 Å². The molecule has 0 aliphatic rings. The molecule has 4 nitrogen and oxygen atoms in total. The third-order valence-electron chi connectivity index (χ3n) is 3.60. The van der Waals surface area contributed by atoms with Gasteiger partial charge in [0, 0.05) is 10.0 Å². The van der Waals surface area contributed by atoms with Crippen LogP contribution in [0.4, 0.5) is 18.9 Å². The second kappa shape index (κ2) is 7.83. The number of hydrogen-bond donors (Lipinski definition) is 1. The Morgan fingerprint density at radius 2 is 1.54 bits per heavy atom. The van der Waals surface area contributed by atoms with Gasteiger partial charge in [-0.05, 0) is 36.4 Å². The van der Waals surface area contributed by atoms with Gasteiger partial charge in [-0.15, -0.1) is 0 Å². The van der Waals surface area contributed by atoms with Crippen LogP contribution in [-0.2, 0) is 6.18 Å². The monoisotopic (exact) mass is 467 g/mol. The number of alkyl halides is 3. The Bertz CT molecular complexity index is 1030. The fourth-order valence-corrected chi connectivity index (χ4v) is 3.45. The van der Waals surface area contributed by atoms with Gasteiger partial charge in [-0.25, -0.2) is 4.68 Å². The fourth-order valence-electron chi connectivity index (χ4n) is 2.41. The van der Waals surface area contributed by atoms with Crippen molar-refractivity contribution < 1.29 is 18.0 Å². The standard InChI is InChI=1S/C17H8Cl4F3N3O/c18-8-1-3-10(4-2-8)27-15(17(22,23)24)11(7-25-27)16(28)26-14-12(20)5-9(19)6-13(14)21/h1-7H,(H,26,28). The van der Waals surface area contributed by atoms with Crippen LogP contribution in [-0.4, -0.2) is 15.7 Å². The number of benzene rings is 2. The van der Waals surface area contributed by atoms with Crippen LogP contribution in [0.25, 0.3) is 5.69 Å². The summed E-state index contributed by atoms with van der Waals surface area (Å²) in [7, 11) is 0. The van der Waals surface area contributed by atoms with Crippen LogP contribution >= 0.6 is 46.4 Å². The molecule has 146 valence electrons. The second-order valence-corrected chi connectivity index (χ2v) is 7.18. The zero-order chi connectivity index (χ0) is 20.6. The number of carbonyl (C=O) groups is 1. The van der Waals surface area contributed by atoms with E-state index in [0.717, 1.165) is 6.20 Å². The number of aromatic nitrogens is 2. The van der Waals surface area contributed by atoms with Gasteiger partial charge in [-0.1, -0.05) is 46.4 Å². The van der Waals surface area contributed by atoms with Crippen molar-refractivity contribution in [3.8, 4) is 5.69 Å². The molecule has 1 N–H and O–H groups in total. The fraction of sp³-hybridized carbons (Fsp3) is 0.0588. The van der Waals surface area contributed by atoms with Crippen molar-refractivity contribution in [3.05, 3.63) is 73.9 Å². The number of amides is 1. The molecule has 0 aliphatic heterocycles. The third-order valence-corrected chi connectivity index (χ3v) is 4.67. The highest BCUT2D eigenvalue weighted by molar-refractivity contribution is 6.42. The molecular weight excluding hydrogens is 461 g/mol. The van der Waals surface area contributed by atoms with Crippen LogP contribution < -0.4 is 5.32 Å². The topological polar surface area (TPSA) is 46.9 Å². The van der Waals surface area contributed by atoms with Crippen molar-refractivity contribution in [1.82, 2.24) is 9.78 Å². The van der Waals surface area contributed by atoms with E-state index >= 15 is 0 Å². The zero-order valence-corrected chi connectivity index (χ0v) is 16.5. The summed E-state index contributed by atoms with van der Waals surface area (Å²) in [6, 6.07) is 8.11. The quantitative estimate of drug-likeness (QED) is 0.461. The Kier molecular flexibility index (Phi) is 5.82. The Morgan fingerprint density at radius 1 is 0.964 bits per heavy atom. The third kappa shape index (κ3) is 4.22. The van der Waals surface area contributed by atoms with Gasteiger partial charge in [0.2, 0.25) is 0 Å². The maximum absolute atomic E-state index is 13.7. The lowest BCUT2D eigenvalue weighted by Gasteiger charge is -2.14. The molecule has 0 bridgehead atoms. The lowest BCUT2D eigenvalue weighted by Crippen LogP contribution is -2.21. The first-order chi connectivity index (χ1) is 13.1. The Hall–Kier alpha value is -1.93. The van der Waals surface area contributed by atoms with Crippen LogP contribution in [0.2, 0.25) is 20.1 Å². The molecule has 1 amide bonds. The largest absolute Gasteiger partial charge is 0.434 e. The summed E-state index contributed by atoms with van der Waals surface area (Å²) in [5.41, 5.74) is -1.94. The summed E-state index contributed by atoms with van der Waals surface area (Å²) in [4.78, 5) is 12.5. The van der Waals surface area contributed by atoms with Crippen molar-refractivity contribution in [1.29, 1.82) is 0 Å². The molecule has 0 fully saturated rings. The minimum Gasteiger partial charge on any atom is -0.319 e. The summed E-state index contributed by atoms with van der Waals surface area (Å²) in [5, 5.41) is 6.49. The van der Waals surface area contributed by atoms with Crippen LogP contribution in [0.15, 0.2) is 42.6 Å². The number of hydrogen-bond acceptors (Lipinski definition) is 2. The highest BCUT2D eigenvalue weighted by Crippen LogP contribution is 2.36. The maximum atomic E-state index is 13.7. The molecule has 0 atom stereocenters. The second-order valence-electron chi connectivity index (χ2n) is 5.49. The van der Waals surface area contributed by atoms with E-state index in [2.05, 4.69) is 10.4 Å². The molecule has 2 aromatic carbocycles. The minimum absolute atomic E-state index is 0.0236. The predicted octanol–water partition coefficient (Wildman–Crippen LogP) is 6.76. The summed E-state index contributed by atoms with van der Waals surface area (Å²) in [6.07, 6.45) is -4.05. The van der Waals surface area contributed by atoms with Gasteiger partial charge in [0.05, 0.1) is 33.2 Å². The van der Waals surface area contributed by atoms with E-state index in [1.54, 1.807) is 0 Å². The number of nitrogens with zero attached hydrogens (tertiary/aromatic N) is 2. The maximum Gasteiger partial charge on any atom is 0.434 e. The van der Waals surface area contributed by atoms with E-state index in [1.807, 2.05) is 0 Å². The lowest BCUT2D eigenvalue weighted by molar-refractivity contribution is -0.143. The molecule has 1 aromatic heterocycles. The molecule has 1 heterocycles. The first-order valence-electron chi connectivity index (χ1n) is 7.45. The van der Waals surface area contributed by atoms with Crippen molar-refractivity contribution in [2.75, 3.05) is 5.32 Å². The summed E-state index contributed by atoms with van der Waals surface area (Å²) >= 11 is 23.5. The number of anilines is 1. The molecular formula is C17H8Cl4F3N3O. The molecule has 0 aliphatic carbocycles. The van der Waals surface area contributed by atoms with Gasteiger partial charge in [0.1, 0.15) is 0 Å². The highest BCUT2D eigenvalue weighted by Gasteiger charge is 2.40. The van der Waals surface area contributed by atoms with Crippen LogP contribution in [0.5, 0.6) is 0 Å². The number of halogens is 7. The summed E-state index contributed by atoms with van der Waals surface area (Å²) < 4.78 is 41.7. The average molecular weight is 469 g/mol. The van der Waals surface area contributed by atoms with E-state index in [1.165, 1.54) is 36.4 Å². The first kappa shape index (κ1) is 20.8. The molecule has 0 radical (unpaired) electrons. The van der Waals surface area contributed by atoms with Gasteiger partial charge in [0.25, 0.3) is 5.91 Å². The van der Waals surface area contributed by atoms with Gasteiger partial charge in [0.15, 0.2) is 5.69 Å². The molecule has 3 aromatic rings. The molecule has 11 heteroatoms. The van der Waals surface area contributed by atoms with Gasteiger partial charge in [-0.2, -0.15) is 18.3 Å². The predicted molar refractivity (Wildman–Crippen MR) is 103 cm³/mol. The Balaban J connectivity index is 2.05. The smallest absolute Gasteiger partial charge is 0.319 e. The van der Waals surface area contributed by atoms with E-state index in [-0.39, 0.29) is 26.4 Å². The molecule has 0 saturated carbocycles. The van der Waals surface area contributed by atoms with Crippen molar-refractivity contribution in [2.24, 2.45) is 0 Å². The number of nitrogens with one attached hydrogen (secondary N) is 1. The Morgan fingerprint density at radius 3 is 2.07 bits per heavy atom. The molecule has 0 unspecified atom stereocenters. The molecule has 3 rings (SSSR count). The van der Waals surface area contributed by atoms with E-state index < -0.39 is 23.3 Å². The number of carbonyl (C=O) groups excluding carboxylic acids is 1. The molecule has 28 heavy (non-hydrogen) atoms. The number of rotatable bonds is 3. The van der Waals surface area contributed by atoms with Gasteiger partial charge >= 0.3 is 6.18 Å². The van der Waals surface area contributed by atoms with Crippen molar-refractivity contribution in [3.63, 3.8) is 0 Å². The normalized spacial score (nSPS) is 11.5. The summed E-state index contributed by atoms with van der Waals surface area (Å²) in [6.45, 7) is 0. The van der Waals surface area contributed by atoms with Crippen molar-refractivity contribution >= 4 is 58.0 Å². The first-order valence-corrected chi connectivity index (χ1v) is 8.96. The molecule has 0 saturated heterocycles. The van der Waals surface area contributed by atoms with Crippen LogP contribution in [0, 0.1) is 0 Å². The van der Waals surface area contributed by atoms with Crippen LogP contribution in [0.1, 0.15) is 16.1 Å². The SMILES string of the molecule is O=C(Nc1c(Cl)cc(Cl)cc1Cl)c1cnn(-c2ccc(Cl)cc2)c1C(F)(F)F. The van der Waals surface area contributed by atoms with Crippen molar-refractivity contribution in [2.45, 2.75) is 6.18 Å². The van der Waals surface area contributed by atoms with Crippen LogP contribution in [0.3, 0.4) is 0 Å². The van der Waals surface area contributed by atoms with E-state index in [0.29, 0.717) is 9.70 Å². The average Bonchev–Trinajstić information content (AvgIpc) is 3.04. The summed E-state index contributed by atoms with van der Waals surface area (Å²) in [5.74, 6) is -1.08. The Labute approximate surface area is 176 Å². The van der Waals surface area contributed by atoms with Gasteiger partial charge in [-0.3, -0.25) is 4.79 Å². The van der Waals surface area contributed by atoms with Gasteiger partial charge < -0.3 is 5.32 Å².